The third kappa shape index (κ3) is 2.79. The van der Waals surface area contributed by atoms with Crippen molar-refractivity contribution >= 4 is 11.9 Å². The molecule has 0 bridgehead atoms. The van der Waals surface area contributed by atoms with Gasteiger partial charge in [0.2, 0.25) is 0 Å². The van der Waals surface area contributed by atoms with Crippen molar-refractivity contribution in [2.45, 2.75) is 64.4 Å². The third-order valence-electron chi connectivity index (χ3n) is 6.62. The molecule has 0 aromatic heterocycles. The Labute approximate surface area is 154 Å². The number of hydrogen-bond donors (Lipinski definition) is 1. The lowest BCUT2D eigenvalue weighted by Gasteiger charge is -2.56. The predicted molar refractivity (Wildman–Crippen MR) is 94.1 cm³/mol. The second kappa shape index (κ2) is 6.82. The lowest BCUT2D eigenvalue weighted by Crippen LogP contribution is -2.62. The molecule has 6 nitrogen and oxygen atoms in total. The molecule has 0 aromatic rings. The highest BCUT2D eigenvalue weighted by Crippen LogP contribution is 2.57. The number of carbonyl (C=O) groups is 2. The molecule has 6 heteroatoms. The van der Waals surface area contributed by atoms with E-state index >= 15 is 0 Å². The molecule has 3 rings (SSSR count). The highest BCUT2D eigenvalue weighted by Gasteiger charge is 2.64. The fourth-order valence-electron chi connectivity index (χ4n) is 4.96. The first-order chi connectivity index (χ1) is 12.2. The normalized spacial score (nSPS) is 42.7. The van der Waals surface area contributed by atoms with Crippen molar-refractivity contribution in [2.75, 3.05) is 7.11 Å². The van der Waals surface area contributed by atoms with Crippen LogP contribution in [0.25, 0.3) is 0 Å². The van der Waals surface area contributed by atoms with Gasteiger partial charge in [-0.3, -0.25) is 0 Å². The monoisotopic (exact) mass is 364 g/mol. The van der Waals surface area contributed by atoms with Crippen LogP contribution in [0.1, 0.15) is 40.0 Å². The summed E-state index contributed by atoms with van der Waals surface area (Å²) in [5.74, 6) is -1.44. The summed E-state index contributed by atoms with van der Waals surface area (Å²) in [5, 5.41) is 10.8. The van der Waals surface area contributed by atoms with E-state index in [2.05, 4.69) is 6.58 Å². The van der Waals surface area contributed by atoms with Crippen LogP contribution in [0.3, 0.4) is 0 Å². The molecule has 1 heterocycles. The highest BCUT2D eigenvalue weighted by molar-refractivity contribution is 5.91. The first-order valence-corrected chi connectivity index (χ1v) is 9.19. The number of rotatable bonds is 3. The number of aliphatic hydroxyl groups excluding tert-OH is 1. The number of aliphatic hydroxyl groups is 1. The fourth-order valence-corrected chi connectivity index (χ4v) is 4.96. The Kier molecular flexibility index (Phi) is 5.01. The van der Waals surface area contributed by atoms with Gasteiger partial charge in [0.1, 0.15) is 12.2 Å². The number of allylic oxidation sites excluding steroid dienone is 1. The summed E-state index contributed by atoms with van der Waals surface area (Å²) in [4.78, 5) is 24.6. The summed E-state index contributed by atoms with van der Waals surface area (Å²) in [6.07, 6.45) is 1.68. The van der Waals surface area contributed by atoms with Crippen LogP contribution in [0.5, 0.6) is 0 Å². The van der Waals surface area contributed by atoms with Crippen LogP contribution in [-0.4, -0.2) is 48.6 Å². The van der Waals surface area contributed by atoms with E-state index < -0.39 is 41.6 Å². The largest absolute Gasteiger partial charge is 0.458 e. The van der Waals surface area contributed by atoms with E-state index in [9.17, 15) is 14.7 Å². The zero-order valence-electron chi connectivity index (χ0n) is 15.9. The molecule has 2 aliphatic carbocycles. The van der Waals surface area contributed by atoms with Gasteiger partial charge in [-0.25, -0.2) is 9.59 Å². The molecule has 0 unspecified atom stereocenters. The van der Waals surface area contributed by atoms with Gasteiger partial charge < -0.3 is 19.3 Å². The molecule has 3 fully saturated rings. The molecule has 1 N–H and O–H groups in total. The minimum absolute atomic E-state index is 0.122. The molecule has 1 saturated heterocycles. The summed E-state index contributed by atoms with van der Waals surface area (Å²) in [6, 6.07) is 0. The van der Waals surface area contributed by atoms with Gasteiger partial charge in [-0.2, -0.15) is 0 Å². The second-order valence-electron chi connectivity index (χ2n) is 7.94. The number of ether oxygens (including phenoxy) is 3. The molecule has 0 aromatic carbocycles. The molecule has 26 heavy (non-hydrogen) atoms. The lowest BCUT2D eigenvalue weighted by molar-refractivity contribution is -0.210. The fraction of sp³-hybridized carbons (Fsp3) is 0.700. The van der Waals surface area contributed by atoms with Crippen LogP contribution < -0.4 is 0 Å². The quantitative estimate of drug-likeness (QED) is 0.610. The Bertz CT molecular complexity index is 653. The molecule has 7 atom stereocenters. The topological polar surface area (TPSA) is 82.1 Å². The van der Waals surface area contributed by atoms with Crippen molar-refractivity contribution in [1.29, 1.82) is 0 Å². The average Bonchev–Trinajstić information content (AvgIpc) is 2.90. The van der Waals surface area contributed by atoms with Crippen LogP contribution in [0, 0.1) is 17.3 Å². The molecule has 0 radical (unpaired) electrons. The van der Waals surface area contributed by atoms with E-state index in [0.29, 0.717) is 30.4 Å². The van der Waals surface area contributed by atoms with E-state index in [1.807, 2.05) is 6.92 Å². The van der Waals surface area contributed by atoms with E-state index in [1.165, 1.54) is 0 Å². The Morgan fingerprint density at radius 1 is 1.38 bits per heavy atom. The van der Waals surface area contributed by atoms with Crippen molar-refractivity contribution in [2.24, 2.45) is 17.3 Å². The maximum atomic E-state index is 12.4. The smallest absolute Gasteiger partial charge is 0.334 e. The minimum atomic E-state index is -0.573. The summed E-state index contributed by atoms with van der Waals surface area (Å²) in [5.41, 5.74) is 0.270. The van der Waals surface area contributed by atoms with Crippen molar-refractivity contribution in [3.05, 3.63) is 23.8 Å². The van der Waals surface area contributed by atoms with Gasteiger partial charge in [0.15, 0.2) is 0 Å². The summed E-state index contributed by atoms with van der Waals surface area (Å²) >= 11 is 0. The van der Waals surface area contributed by atoms with Gasteiger partial charge in [-0.15, -0.1) is 0 Å². The maximum Gasteiger partial charge on any atom is 0.334 e. The minimum Gasteiger partial charge on any atom is -0.458 e. The van der Waals surface area contributed by atoms with E-state index in [4.69, 9.17) is 14.2 Å². The van der Waals surface area contributed by atoms with Crippen molar-refractivity contribution in [3.8, 4) is 0 Å². The Hall–Kier alpha value is -1.66. The molecule has 2 saturated carbocycles. The molecular formula is C20H28O6. The average molecular weight is 364 g/mol. The zero-order valence-corrected chi connectivity index (χ0v) is 15.9. The number of carbonyl (C=O) groups excluding carboxylic acids is 2. The van der Waals surface area contributed by atoms with Crippen LogP contribution in [0.4, 0.5) is 0 Å². The molecular weight excluding hydrogens is 336 g/mol. The summed E-state index contributed by atoms with van der Waals surface area (Å²) in [7, 11) is 1.64. The van der Waals surface area contributed by atoms with E-state index in [1.54, 1.807) is 27.0 Å². The number of fused-ring (bicyclic) bond motifs is 3. The van der Waals surface area contributed by atoms with Crippen molar-refractivity contribution in [3.63, 3.8) is 0 Å². The first-order valence-electron chi connectivity index (χ1n) is 9.19. The van der Waals surface area contributed by atoms with Gasteiger partial charge in [0.05, 0.1) is 18.1 Å². The second-order valence-corrected chi connectivity index (χ2v) is 7.94. The van der Waals surface area contributed by atoms with Gasteiger partial charge >= 0.3 is 11.9 Å². The Morgan fingerprint density at radius 3 is 2.69 bits per heavy atom. The number of esters is 2. The van der Waals surface area contributed by atoms with Crippen LogP contribution in [-0.2, 0) is 23.8 Å². The predicted octanol–water partition coefficient (Wildman–Crippen LogP) is 2.16. The van der Waals surface area contributed by atoms with Crippen molar-refractivity contribution < 1.29 is 28.9 Å². The van der Waals surface area contributed by atoms with Crippen LogP contribution >= 0.6 is 0 Å². The molecule has 3 aliphatic rings. The van der Waals surface area contributed by atoms with E-state index in [0.717, 1.165) is 0 Å². The number of methoxy groups -OCH3 is 1. The SMILES string of the molecule is C=C1C(=O)O[C@H]2[C@H]1[C@@H](OC(=O)/C(C)=C\C)C[C@]1(C)[C@@H]2[C@H](OC)CC[C@H]1O. The highest BCUT2D eigenvalue weighted by atomic mass is 16.6. The summed E-state index contributed by atoms with van der Waals surface area (Å²) < 4.78 is 17.1. The maximum absolute atomic E-state index is 12.4. The molecule has 1 aliphatic heterocycles. The van der Waals surface area contributed by atoms with Crippen LogP contribution in [0.15, 0.2) is 23.8 Å². The molecule has 0 spiro atoms. The van der Waals surface area contributed by atoms with Gasteiger partial charge in [0, 0.05) is 29.6 Å². The van der Waals surface area contributed by atoms with E-state index in [-0.39, 0.29) is 12.0 Å². The Balaban J connectivity index is 1.99. The van der Waals surface area contributed by atoms with Crippen LogP contribution in [0.2, 0.25) is 0 Å². The molecule has 0 amide bonds. The number of hydrogen-bond acceptors (Lipinski definition) is 6. The molecule has 144 valence electrons. The van der Waals surface area contributed by atoms with Gasteiger partial charge in [0.25, 0.3) is 0 Å². The van der Waals surface area contributed by atoms with Gasteiger partial charge in [-0.05, 0) is 33.1 Å². The lowest BCUT2D eigenvalue weighted by atomic mass is 9.53. The summed E-state index contributed by atoms with van der Waals surface area (Å²) in [6.45, 7) is 9.32. The zero-order chi connectivity index (χ0) is 19.2. The first kappa shape index (κ1) is 19.1. The standard InChI is InChI=1S/C20H28O6/c1-6-10(2)18(22)25-13-9-20(4)14(21)8-7-12(24-5)16(20)17-15(13)11(3)19(23)26-17/h6,12-17,21H,3,7-9H2,1-2,4-5H3/b10-6-/t12-,13+,14-,15-,16-,17+,20+/m1/s1. The third-order valence-corrected chi connectivity index (χ3v) is 6.62. The van der Waals surface area contributed by atoms with Crippen molar-refractivity contribution in [1.82, 2.24) is 0 Å². The Morgan fingerprint density at radius 2 is 2.08 bits per heavy atom. The van der Waals surface area contributed by atoms with Gasteiger partial charge in [-0.1, -0.05) is 19.6 Å².